The molecule has 0 saturated heterocycles. The molecular formula is C27H23P. The summed E-state index contributed by atoms with van der Waals surface area (Å²) in [5.41, 5.74) is 3.87. The summed E-state index contributed by atoms with van der Waals surface area (Å²) in [6.45, 7) is 2.31. The van der Waals surface area contributed by atoms with Gasteiger partial charge in [0.1, 0.15) is 0 Å². The summed E-state index contributed by atoms with van der Waals surface area (Å²) < 4.78 is 0. The van der Waals surface area contributed by atoms with Crippen LogP contribution in [0.5, 0.6) is 0 Å². The van der Waals surface area contributed by atoms with E-state index < -0.39 is 7.92 Å². The number of hydrogen-bond donors (Lipinski definition) is 0. The van der Waals surface area contributed by atoms with Gasteiger partial charge < -0.3 is 0 Å². The van der Waals surface area contributed by atoms with Gasteiger partial charge in [-0.05, 0) is 47.5 Å². The SMILES string of the molecule is CC(=C(c1ccccc1)c1ccccc1)P(c1ccccc1)c1ccccc1. The lowest BCUT2D eigenvalue weighted by molar-refractivity contribution is 1.51. The van der Waals surface area contributed by atoms with Gasteiger partial charge in [0.25, 0.3) is 0 Å². The van der Waals surface area contributed by atoms with Crippen molar-refractivity contribution in [1.29, 1.82) is 0 Å². The van der Waals surface area contributed by atoms with Gasteiger partial charge in [-0.15, -0.1) is 0 Å². The summed E-state index contributed by atoms with van der Waals surface area (Å²) in [4.78, 5) is 0. The summed E-state index contributed by atoms with van der Waals surface area (Å²) in [5, 5.41) is 4.18. The molecule has 0 saturated carbocycles. The van der Waals surface area contributed by atoms with Crippen molar-refractivity contribution in [1.82, 2.24) is 0 Å². The van der Waals surface area contributed by atoms with Crippen molar-refractivity contribution in [3.8, 4) is 0 Å². The van der Waals surface area contributed by atoms with E-state index in [9.17, 15) is 0 Å². The lowest BCUT2D eigenvalue weighted by Gasteiger charge is -2.24. The van der Waals surface area contributed by atoms with Crippen LogP contribution in [0.15, 0.2) is 127 Å². The first kappa shape index (κ1) is 18.4. The molecule has 4 aromatic carbocycles. The molecule has 0 heterocycles. The van der Waals surface area contributed by atoms with Crippen LogP contribution in [0.4, 0.5) is 0 Å². The monoisotopic (exact) mass is 378 g/mol. The standard InChI is InChI=1S/C27H23P/c1-22(27(23-14-6-2-7-15-23)24-16-8-3-9-17-24)28(25-18-10-4-11-19-25)26-20-12-5-13-21-26/h2-21H,1H3. The average molecular weight is 378 g/mol. The second kappa shape index (κ2) is 8.83. The van der Waals surface area contributed by atoms with E-state index in [0.29, 0.717) is 0 Å². The minimum Gasteiger partial charge on any atom is -0.0622 e. The van der Waals surface area contributed by atoms with Gasteiger partial charge in [0, 0.05) is 0 Å². The van der Waals surface area contributed by atoms with Gasteiger partial charge in [0.05, 0.1) is 0 Å². The molecule has 136 valence electrons. The Labute approximate surface area is 169 Å². The molecule has 0 nitrogen and oxygen atoms in total. The van der Waals surface area contributed by atoms with E-state index in [0.717, 1.165) is 0 Å². The highest BCUT2D eigenvalue weighted by Crippen LogP contribution is 2.47. The Bertz CT molecular complexity index is 955. The molecule has 0 bridgehead atoms. The molecule has 0 atom stereocenters. The van der Waals surface area contributed by atoms with Crippen LogP contribution in [-0.4, -0.2) is 0 Å². The smallest absolute Gasteiger partial charge is 0.00711 e. The topological polar surface area (TPSA) is 0 Å². The van der Waals surface area contributed by atoms with E-state index in [1.807, 2.05) is 0 Å². The second-order valence-corrected chi connectivity index (χ2v) is 9.07. The molecular weight excluding hydrogens is 355 g/mol. The van der Waals surface area contributed by atoms with E-state index in [1.165, 1.54) is 32.6 Å². The van der Waals surface area contributed by atoms with E-state index in [2.05, 4.69) is 128 Å². The van der Waals surface area contributed by atoms with Gasteiger partial charge in [-0.1, -0.05) is 121 Å². The van der Waals surface area contributed by atoms with Crippen molar-refractivity contribution in [2.45, 2.75) is 6.92 Å². The maximum atomic E-state index is 2.31. The number of rotatable bonds is 5. The van der Waals surface area contributed by atoms with E-state index in [1.54, 1.807) is 0 Å². The first-order valence-electron chi connectivity index (χ1n) is 9.56. The summed E-state index contributed by atoms with van der Waals surface area (Å²) in [5.74, 6) is 0. The first-order valence-corrected chi connectivity index (χ1v) is 10.9. The van der Waals surface area contributed by atoms with Gasteiger partial charge in [-0.2, -0.15) is 0 Å². The predicted octanol–water partition coefficient (Wildman–Crippen LogP) is 6.60. The van der Waals surface area contributed by atoms with Crippen molar-refractivity contribution in [2.75, 3.05) is 0 Å². The Balaban J connectivity index is 1.97. The Hall–Kier alpha value is -2.95. The Morgan fingerprint density at radius 1 is 0.464 bits per heavy atom. The maximum Gasteiger partial charge on any atom is -0.00711 e. The van der Waals surface area contributed by atoms with Crippen LogP contribution in [0.25, 0.3) is 5.57 Å². The minimum absolute atomic E-state index is 0.619. The fourth-order valence-electron chi connectivity index (χ4n) is 3.60. The lowest BCUT2D eigenvalue weighted by Crippen LogP contribution is -2.13. The molecule has 28 heavy (non-hydrogen) atoms. The Morgan fingerprint density at radius 3 is 1.14 bits per heavy atom. The third-order valence-corrected chi connectivity index (χ3v) is 7.37. The molecule has 0 aromatic heterocycles. The van der Waals surface area contributed by atoms with Crippen molar-refractivity contribution in [3.05, 3.63) is 138 Å². The van der Waals surface area contributed by atoms with E-state index in [4.69, 9.17) is 0 Å². The van der Waals surface area contributed by atoms with Gasteiger partial charge >= 0.3 is 0 Å². The zero-order valence-corrected chi connectivity index (χ0v) is 16.9. The third-order valence-electron chi connectivity index (χ3n) is 4.85. The van der Waals surface area contributed by atoms with E-state index in [-0.39, 0.29) is 0 Å². The third kappa shape index (κ3) is 3.98. The Morgan fingerprint density at radius 2 is 0.786 bits per heavy atom. The molecule has 0 unspecified atom stereocenters. The predicted molar refractivity (Wildman–Crippen MR) is 124 cm³/mol. The van der Waals surface area contributed by atoms with Crippen molar-refractivity contribution >= 4 is 24.1 Å². The fourth-order valence-corrected chi connectivity index (χ4v) is 6.09. The minimum atomic E-state index is -0.619. The average Bonchev–Trinajstić information content (AvgIpc) is 2.77. The Kier molecular flexibility index (Phi) is 5.80. The van der Waals surface area contributed by atoms with Crippen molar-refractivity contribution in [2.24, 2.45) is 0 Å². The zero-order valence-electron chi connectivity index (χ0n) is 16.0. The van der Waals surface area contributed by atoms with Crippen molar-refractivity contribution in [3.63, 3.8) is 0 Å². The number of allylic oxidation sites excluding steroid dienone is 1. The number of hydrogen-bond acceptors (Lipinski definition) is 0. The van der Waals surface area contributed by atoms with Gasteiger partial charge in [0.2, 0.25) is 0 Å². The second-order valence-electron chi connectivity index (χ2n) is 6.70. The molecule has 4 aromatic rings. The summed E-state index contributed by atoms with van der Waals surface area (Å²) in [6, 6.07) is 43.3. The number of benzene rings is 4. The molecule has 0 aliphatic heterocycles. The molecule has 0 radical (unpaired) electrons. The molecule has 0 aliphatic rings. The highest BCUT2D eigenvalue weighted by atomic mass is 31.1. The van der Waals surface area contributed by atoms with Crippen molar-refractivity contribution < 1.29 is 0 Å². The lowest BCUT2D eigenvalue weighted by atomic mass is 9.98. The maximum absolute atomic E-state index is 2.31. The van der Waals surface area contributed by atoms with E-state index >= 15 is 0 Å². The first-order chi connectivity index (χ1) is 13.8. The van der Waals surface area contributed by atoms with Crippen LogP contribution in [-0.2, 0) is 0 Å². The van der Waals surface area contributed by atoms with Crippen LogP contribution in [0, 0.1) is 0 Å². The quantitative estimate of drug-likeness (QED) is 0.343. The normalized spacial score (nSPS) is 10.6. The molecule has 0 aliphatic carbocycles. The van der Waals surface area contributed by atoms with Crippen LogP contribution in [0.2, 0.25) is 0 Å². The van der Waals surface area contributed by atoms with Crippen LogP contribution in [0.3, 0.4) is 0 Å². The molecule has 0 spiro atoms. The molecule has 4 rings (SSSR count). The van der Waals surface area contributed by atoms with Gasteiger partial charge in [-0.25, -0.2) is 0 Å². The van der Waals surface area contributed by atoms with Crippen LogP contribution >= 0.6 is 7.92 Å². The molecule has 1 heteroatoms. The van der Waals surface area contributed by atoms with Crippen LogP contribution in [0.1, 0.15) is 18.1 Å². The van der Waals surface area contributed by atoms with Crippen LogP contribution < -0.4 is 10.6 Å². The molecule has 0 amide bonds. The highest BCUT2D eigenvalue weighted by molar-refractivity contribution is 7.77. The largest absolute Gasteiger partial charge is 0.0622 e. The van der Waals surface area contributed by atoms with Gasteiger partial charge in [0.15, 0.2) is 0 Å². The highest BCUT2D eigenvalue weighted by Gasteiger charge is 2.20. The zero-order chi connectivity index (χ0) is 19.2. The molecule has 0 fully saturated rings. The summed E-state index contributed by atoms with van der Waals surface area (Å²) >= 11 is 0. The van der Waals surface area contributed by atoms with Gasteiger partial charge in [-0.3, -0.25) is 0 Å². The fraction of sp³-hybridized carbons (Fsp3) is 0.0370. The molecule has 0 N–H and O–H groups in total. The summed E-state index contributed by atoms with van der Waals surface area (Å²) in [6.07, 6.45) is 0. The summed E-state index contributed by atoms with van der Waals surface area (Å²) in [7, 11) is -0.619.